The first-order valence-electron chi connectivity index (χ1n) is 3.98. The SMILES string of the molecule is Cc1cc(F)c(C(C)C)cc1Br. The predicted octanol–water partition coefficient (Wildman–Crippen LogP) is 4.02. The van der Waals surface area contributed by atoms with Crippen molar-refractivity contribution >= 4 is 15.9 Å². The second kappa shape index (κ2) is 3.56. The molecule has 0 radical (unpaired) electrons. The van der Waals surface area contributed by atoms with Crippen LogP contribution in [-0.2, 0) is 0 Å². The van der Waals surface area contributed by atoms with E-state index >= 15 is 0 Å². The van der Waals surface area contributed by atoms with Gasteiger partial charge in [-0.15, -0.1) is 0 Å². The fourth-order valence-electron chi connectivity index (χ4n) is 1.10. The van der Waals surface area contributed by atoms with E-state index in [0.29, 0.717) is 0 Å². The van der Waals surface area contributed by atoms with Crippen molar-refractivity contribution in [1.29, 1.82) is 0 Å². The molecule has 1 rings (SSSR count). The molecular weight excluding hydrogens is 219 g/mol. The molecule has 1 aromatic carbocycles. The Bertz CT molecular complexity index is 292. The lowest BCUT2D eigenvalue weighted by Gasteiger charge is -2.08. The van der Waals surface area contributed by atoms with Gasteiger partial charge >= 0.3 is 0 Å². The van der Waals surface area contributed by atoms with Gasteiger partial charge in [-0.2, -0.15) is 0 Å². The van der Waals surface area contributed by atoms with Crippen molar-refractivity contribution in [1.82, 2.24) is 0 Å². The lowest BCUT2D eigenvalue weighted by molar-refractivity contribution is 0.596. The number of halogens is 2. The molecule has 66 valence electrons. The van der Waals surface area contributed by atoms with Gasteiger partial charge in [0.05, 0.1) is 0 Å². The van der Waals surface area contributed by atoms with E-state index in [2.05, 4.69) is 15.9 Å². The summed E-state index contributed by atoms with van der Waals surface area (Å²) >= 11 is 3.38. The van der Waals surface area contributed by atoms with Crippen molar-refractivity contribution in [3.63, 3.8) is 0 Å². The van der Waals surface area contributed by atoms with Crippen molar-refractivity contribution in [2.75, 3.05) is 0 Å². The molecular formula is C10H12BrF. The molecule has 1 aromatic rings. The maximum Gasteiger partial charge on any atom is 0.126 e. The summed E-state index contributed by atoms with van der Waals surface area (Å²) < 4.78 is 14.2. The molecule has 0 bridgehead atoms. The van der Waals surface area contributed by atoms with Gasteiger partial charge in [0, 0.05) is 4.47 Å². The molecule has 0 amide bonds. The highest BCUT2D eigenvalue weighted by atomic mass is 79.9. The number of aryl methyl sites for hydroxylation is 1. The Balaban J connectivity index is 3.23. The van der Waals surface area contributed by atoms with Crippen LogP contribution in [0.3, 0.4) is 0 Å². The maximum atomic E-state index is 13.3. The summed E-state index contributed by atoms with van der Waals surface area (Å²) in [6.45, 7) is 5.86. The number of benzene rings is 1. The van der Waals surface area contributed by atoms with E-state index in [1.165, 1.54) is 0 Å². The molecule has 0 unspecified atom stereocenters. The van der Waals surface area contributed by atoms with Crippen LogP contribution < -0.4 is 0 Å². The highest BCUT2D eigenvalue weighted by Gasteiger charge is 2.08. The lowest BCUT2D eigenvalue weighted by atomic mass is 10.0. The minimum absolute atomic E-state index is 0.106. The molecule has 0 saturated heterocycles. The lowest BCUT2D eigenvalue weighted by Crippen LogP contribution is -1.94. The second-order valence-electron chi connectivity index (χ2n) is 3.28. The molecule has 0 saturated carbocycles. The number of hydrogen-bond acceptors (Lipinski definition) is 0. The van der Waals surface area contributed by atoms with Gasteiger partial charge in [-0.3, -0.25) is 0 Å². The van der Waals surface area contributed by atoms with E-state index in [1.54, 1.807) is 6.07 Å². The molecule has 0 aliphatic carbocycles. The smallest absolute Gasteiger partial charge is 0.126 e. The van der Waals surface area contributed by atoms with Crippen LogP contribution in [0, 0.1) is 12.7 Å². The molecule has 0 aliphatic rings. The van der Waals surface area contributed by atoms with Gasteiger partial charge in [0.25, 0.3) is 0 Å². The van der Waals surface area contributed by atoms with Crippen LogP contribution in [0.25, 0.3) is 0 Å². The molecule has 12 heavy (non-hydrogen) atoms. The largest absolute Gasteiger partial charge is 0.207 e. The Hall–Kier alpha value is -0.370. The third-order valence-electron chi connectivity index (χ3n) is 1.90. The topological polar surface area (TPSA) is 0 Å². The predicted molar refractivity (Wildman–Crippen MR) is 52.9 cm³/mol. The van der Waals surface area contributed by atoms with Crippen LogP contribution in [0.15, 0.2) is 16.6 Å². The molecule has 0 spiro atoms. The van der Waals surface area contributed by atoms with Crippen molar-refractivity contribution < 1.29 is 4.39 Å². The number of hydrogen-bond donors (Lipinski definition) is 0. The third-order valence-corrected chi connectivity index (χ3v) is 2.75. The highest BCUT2D eigenvalue weighted by Crippen LogP contribution is 2.25. The minimum Gasteiger partial charge on any atom is -0.207 e. The number of rotatable bonds is 1. The molecule has 0 heterocycles. The van der Waals surface area contributed by atoms with E-state index in [4.69, 9.17) is 0 Å². The summed E-state index contributed by atoms with van der Waals surface area (Å²) in [6, 6.07) is 3.43. The van der Waals surface area contributed by atoms with Crippen molar-refractivity contribution in [2.45, 2.75) is 26.7 Å². The molecule has 0 N–H and O–H groups in total. The van der Waals surface area contributed by atoms with Gasteiger partial charge in [-0.1, -0.05) is 29.8 Å². The Morgan fingerprint density at radius 2 is 1.92 bits per heavy atom. The highest BCUT2D eigenvalue weighted by molar-refractivity contribution is 9.10. The molecule has 0 fully saturated rings. The summed E-state index contributed by atoms with van der Waals surface area (Å²) in [5.41, 5.74) is 1.71. The van der Waals surface area contributed by atoms with E-state index in [-0.39, 0.29) is 11.7 Å². The first-order chi connectivity index (χ1) is 5.52. The molecule has 0 atom stereocenters. The van der Waals surface area contributed by atoms with Gasteiger partial charge in [0.1, 0.15) is 5.82 Å². The molecule has 0 aliphatic heterocycles. The van der Waals surface area contributed by atoms with E-state index in [9.17, 15) is 4.39 Å². The van der Waals surface area contributed by atoms with Gasteiger partial charge in [-0.25, -0.2) is 4.39 Å². The third kappa shape index (κ3) is 1.86. The second-order valence-corrected chi connectivity index (χ2v) is 4.13. The van der Waals surface area contributed by atoms with E-state index < -0.39 is 0 Å². The van der Waals surface area contributed by atoms with Crippen LogP contribution in [0.2, 0.25) is 0 Å². The summed E-state index contributed by atoms with van der Waals surface area (Å²) in [5, 5.41) is 0. The van der Waals surface area contributed by atoms with Crippen molar-refractivity contribution in [2.24, 2.45) is 0 Å². The quantitative estimate of drug-likeness (QED) is 0.684. The fourth-order valence-corrected chi connectivity index (χ4v) is 1.47. The Labute approximate surface area is 80.9 Å². The Morgan fingerprint density at radius 3 is 2.42 bits per heavy atom. The van der Waals surface area contributed by atoms with Crippen molar-refractivity contribution in [3.05, 3.63) is 33.5 Å². The van der Waals surface area contributed by atoms with Crippen LogP contribution in [0.1, 0.15) is 30.9 Å². The summed E-state index contributed by atoms with van der Waals surface area (Å²) in [6.07, 6.45) is 0. The zero-order valence-electron chi connectivity index (χ0n) is 7.49. The zero-order valence-corrected chi connectivity index (χ0v) is 9.07. The van der Waals surface area contributed by atoms with Crippen LogP contribution >= 0.6 is 15.9 Å². The van der Waals surface area contributed by atoms with Crippen LogP contribution in [-0.4, -0.2) is 0 Å². The first-order valence-corrected chi connectivity index (χ1v) is 4.77. The molecule has 2 heteroatoms. The Morgan fingerprint density at radius 1 is 1.33 bits per heavy atom. The molecule has 0 aromatic heterocycles. The van der Waals surface area contributed by atoms with Gasteiger partial charge < -0.3 is 0 Å². The molecule has 0 nitrogen and oxygen atoms in total. The summed E-state index contributed by atoms with van der Waals surface area (Å²) in [5.74, 6) is 0.132. The summed E-state index contributed by atoms with van der Waals surface area (Å²) in [7, 11) is 0. The normalized spacial score (nSPS) is 10.8. The summed E-state index contributed by atoms with van der Waals surface area (Å²) in [4.78, 5) is 0. The van der Waals surface area contributed by atoms with Gasteiger partial charge in [0.2, 0.25) is 0 Å². The minimum atomic E-state index is -0.106. The monoisotopic (exact) mass is 230 g/mol. The van der Waals surface area contributed by atoms with Crippen LogP contribution in [0.5, 0.6) is 0 Å². The van der Waals surface area contributed by atoms with Gasteiger partial charge in [-0.05, 0) is 36.1 Å². The average molecular weight is 231 g/mol. The zero-order chi connectivity index (χ0) is 9.30. The first kappa shape index (κ1) is 9.72. The Kier molecular flexibility index (Phi) is 2.89. The van der Waals surface area contributed by atoms with Gasteiger partial charge in [0.15, 0.2) is 0 Å². The van der Waals surface area contributed by atoms with E-state index in [0.717, 1.165) is 15.6 Å². The van der Waals surface area contributed by atoms with E-state index in [1.807, 2.05) is 26.8 Å². The van der Waals surface area contributed by atoms with Crippen LogP contribution in [0.4, 0.5) is 4.39 Å². The maximum absolute atomic E-state index is 13.3. The standard InChI is InChI=1S/C10H12BrF/c1-6(2)8-5-9(11)7(3)4-10(8)12/h4-6H,1-3H3. The average Bonchev–Trinajstić information content (AvgIpc) is 1.96. The van der Waals surface area contributed by atoms with Crippen molar-refractivity contribution in [3.8, 4) is 0 Å². The fraction of sp³-hybridized carbons (Fsp3) is 0.400.